The third-order valence-electron chi connectivity index (χ3n) is 4.32. The summed E-state index contributed by atoms with van der Waals surface area (Å²) in [5.74, 6) is 0. The van der Waals surface area contributed by atoms with Gasteiger partial charge in [0.05, 0.1) is 0 Å². The van der Waals surface area contributed by atoms with Gasteiger partial charge in [-0.25, -0.2) is 0 Å². The van der Waals surface area contributed by atoms with Crippen LogP contribution < -0.4 is 0 Å². The van der Waals surface area contributed by atoms with E-state index in [-0.39, 0.29) is 0 Å². The molecule has 0 spiro atoms. The molecule has 1 unspecified atom stereocenters. The van der Waals surface area contributed by atoms with Crippen molar-refractivity contribution < 1.29 is 5.11 Å². The lowest BCUT2D eigenvalue weighted by Gasteiger charge is -2.15. The number of aliphatic hydroxyl groups excluding tert-OH is 1. The van der Waals surface area contributed by atoms with Gasteiger partial charge in [-0.1, -0.05) is 60.7 Å². The molecule has 20 heavy (non-hydrogen) atoms. The summed E-state index contributed by atoms with van der Waals surface area (Å²) >= 11 is 0. The first-order chi connectivity index (χ1) is 9.84. The van der Waals surface area contributed by atoms with E-state index in [0.29, 0.717) is 0 Å². The molecule has 4 rings (SSSR count). The Hall–Kier alpha value is -2.12. The number of aliphatic hydroxyl groups is 1. The molecule has 0 saturated carbocycles. The predicted octanol–water partition coefficient (Wildman–Crippen LogP) is 4.02. The Kier molecular flexibility index (Phi) is 2.61. The van der Waals surface area contributed by atoms with E-state index in [9.17, 15) is 5.11 Å². The molecule has 0 fully saturated rings. The molecule has 98 valence electrons. The molecule has 0 bridgehead atoms. The zero-order valence-electron chi connectivity index (χ0n) is 11.2. The van der Waals surface area contributed by atoms with Crippen LogP contribution in [0, 0.1) is 0 Å². The average Bonchev–Trinajstić information content (AvgIpc) is 2.93. The lowest BCUT2D eigenvalue weighted by molar-refractivity contribution is 0.222. The molecule has 0 radical (unpaired) electrons. The van der Waals surface area contributed by atoms with Crippen LogP contribution in [-0.2, 0) is 12.8 Å². The highest BCUT2D eigenvalue weighted by Gasteiger charge is 2.19. The fraction of sp³-hybridized carbons (Fsp3) is 0.158. The van der Waals surface area contributed by atoms with Gasteiger partial charge in [0, 0.05) is 0 Å². The third kappa shape index (κ3) is 1.67. The van der Waals surface area contributed by atoms with Crippen LogP contribution in [0.1, 0.15) is 28.4 Å². The van der Waals surface area contributed by atoms with E-state index in [1.165, 1.54) is 21.9 Å². The Labute approximate surface area is 118 Å². The van der Waals surface area contributed by atoms with Gasteiger partial charge >= 0.3 is 0 Å². The number of benzene rings is 3. The first-order valence-electron chi connectivity index (χ1n) is 7.11. The highest BCUT2D eigenvalue weighted by Crippen LogP contribution is 2.36. The largest absolute Gasteiger partial charge is 0.384 e. The van der Waals surface area contributed by atoms with Crippen molar-refractivity contribution in [2.45, 2.75) is 18.9 Å². The first kappa shape index (κ1) is 11.7. The lowest BCUT2D eigenvalue weighted by atomic mass is 9.93. The molecular weight excluding hydrogens is 244 g/mol. The molecule has 0 saturated heterocycles. The molecular formula is C19H16O. The Morgan fingerprint density at radius 3 is 2.30 bits per heavy atom. The Morgan fingerprint density at radius 2 is 1.50 bits per heavy atom. The van der Waals surface area contributed by atoms with Crippen molar-refractivity contribution in [1.29, 1.82) is 0 Å². The number of hydrogen-bond donors (Lipinski definition) is 1. The second-order valence-electron chi connectivity index (χ2n) is 5.47. The number of aryl methyl sites for hydroxylation is 2. The van der Waals surface area contributed by atoms with Gasteiger partial charge in [-0.05, 0) is 45.9 Å². The highest BCUT2D eigenvalue weighted by molar-refractivity contribution is 5.93. The lowest BCUT2D eigenvalue weighted by Crippen LogP contribution is -2.00. The van der Waals surface area contributed by atoms with E-state index in [4.69, 9.17) is 0 Å². The summed E-state index contributed by atoms with van der Waals surface area (Å²) < 4.78 is 0. The number of hydrogen-bond acceptors (Lipinski definition) is 1. The van der Waals surface area contributed by atoms with Crippen molar-refractivity contribution in [3.8, 4) is 0 Å². The standard InChI is InChI=1S/C19H16O/c20-19(15-5-2-1-3-6-15)17-12-11-14-10-9-13-7-4-8-16(17)18(13)14/h1-8,11-12,19-20H,9-10H2. The van der Waals surface area contributed by atoms with Gasteiger partial charge in [-0.2, -0.15) is 0 Å². The fourth-order valence-corrected chi connectivity index (χ4v) is 3.32. The van der Waals surface area contributed by atoms with Crippen molar-refractivity contribution in [3.63, 3.8) is 0 Å². The van der Waals surface area contributed by atoms with Crippen molar-refractivity contribution in [2.24, 2.45) is 0 Å². The van der Waals surface area contributed by atoms with E-state index in [2.05, 4.69) is 30.3 Å². The highest BCUT2D eigenvalue weighted by atomic mass is 16.3. The molecule has 1 nitrogen and oxygen atoms in total. The summed E-state index contributed by atoms with van der Waals surface area (Å²) in [6, 6.07) is 20.6. The van der Waals surface area contributed by atoms with Crippen LogP contribution in [0.3, 0.4) is 0 Å². The van der Waals surface area contributed by atoms with Crippen molar-refractivity contribution in [1.82, 2.24) is 0 Å². The minimum atomic E-state index is -0.555. The normalized spacial score (nSPS) is 14.7. The zero-order valence-corrected chi connectivity index (χ0v) is 11.2. The SMILES string of the molecule is OC(c1ccccc1)c1ccc2c3c(cccc13)CC2. The summed E-state index contributed by atoms with van der Waals surface area (Å²) in [5, 5.41) is 13.3. The van der Waals surface area contributed by atoms with Gasteiger partial charge < -0.3 is 5.11 Å². The van der Waals surface area contributed by atoms with E-state index in [1.54, 1.807) is 0 Å². The van der Waals surface area contributed by atoms with E-state index < -0.39 is 6.10 Å². The minimum Gasteiger partial charge on any atom is -0.384 e. The van der Waals surface area contributed by atoms with Gasteiger partial charge in [0.2, 0.25) is 0 Å². The first-order valence-corrected chi connectivity index (χ1v) is 7.11. The Balaban J connectivity index is 1.94. The van der Waals surface area contributed by atoms with Gasteiger partial charge in [-0.15, -0.1) is 0 Å². The van der Waals surface area contributed by atoms with Gasteiger partial charge in [0.25, 0.3) is 0 Å². The van der Waals surface area contributed by atoms with Crippen LogP contribution in [0.2, 0.25) is 0 Å². The topological polar surface area (TPSA) is 20.2 Å². The van der Waals surface area contributed by atoms with Crippen LogP contribution in [0.15, 0.2) is 60.7 Å². The van der Waals surface area contributed by atoms with Crippen LogP contribution in [-0.4, -0.2) is 5.11 Å². The predicted molar refractivity (Wildman–Crippen MR) is 81.9 cm³/mol. The molecule has 1 atom stereocenters. The molecule has 3 aromatic carbocycles. The maximum atomic E-state index is 10.7. The maximum absolute atomic E-state index is 10.7. The van der Waals surface area contributed by atoms with Gasteiger partial charge in [0.15, 0.2) is 0 Å². The van der Waals surface area contributed by atoms with Gasteiger partial charge in [-0.3, -0.25) is 0 Å². The number of rotatable bonds is 2. The zero-order chi connectivity index (χ0) is 13.5. The molecule has 0 amide bonds. The minimum absolute atomic E-state index is 0.555. The molecule has 0 aromatic heterocycles. The molecule has 1 N–H and O–H groups in total. The molecule has 1 aliphatic carbocycles. The van der Waals surface area contributed by atoms with Crippen molar-refractivity contribution in [3.05, 3.63) is 82.9 Å². The van der Waals surface area contributed by atoms with Crippen molar-refractivity contribution in [2.75, 3.05) is 0 Å². The molecule has 3 aromatic rings. The summed E-state index contributed by atoms with van der Waals surface area (Å²) in [5.41, 5.74) is 4.80. The fourth-order valence-electron chi connectivity index (χ4n) is 3.32. The van der Waals surface area contributed by atoms with E-state index in [0.717, 1.165) is 24.0 Å². The van der Waals surface area contributed by atoms with Crippen LogP contribution in [0.25, 0.3) is 10.8 Å². The Morgan fingerprint density at radius 1 is 0.750 bits per heavy atom. The summed E-state index contributed by atoms with van der Waals surface area (Å²) in [4.78, 5) is 0. The van der Waals surface area contributed by atoms with Crippen LogP contribution >= 0.6 is 0 Å². The van der Waals surface area contributed by atoms with Crippen LogP contribution in [0.4, 0.5) is 0 Å². The maximum Gasteiger partial charge on any atom is 0.105 e. The summed E-state index contributed by atoms with van der Waals surface area (Å²) in [6.07, 6.45) is 1.69. The quantitative estimate of drug-likeness (QED) is 0.738. The Bertz CT molecular complexity index is 764. The molecule has 0 aliphatic heterocycles. The second kappa shape index (κ2) is 4.46. The smallest absolute Gasteiger partial charge is 0.105 e. The van der Waals surface area contributed by atoms with Crippen molar-refractivity contribution >= 4 is 10.8 Å². The molecule has 1 heteroatoms. The van der Waals surface area contributed by atoms with E-state index in [1.807, 2.05) is 30.3 Å². The summed E-state index contributed by atoms with van der Waals surface area (Å²) in [7, 11) is 0. The van der Waals surface area contributed by atoms with Crippen LogP contribution in [0.5, 0.6) is 0 Å². The molecule has 0 heterocycles. The third-order valence-corrected chi connectivity index (χ3v) is 4.32. The summed E-state index contributed by atoms with van der Waals surface area (Å²) in [6.45, 7) is 0. The van der Waals surface area contributed by atoms with E-state index >= 15 is 0 Å². The monoisotopic (exact) mass is 260 g/mol. The van der Waals surface area contributed by atoms with Gasteiger partial charge in [0.1, 0.15) is 6.10 Å². The average molecular weight is 260 g/mol. The molecule has 1 aliphatic rings. The second-order valence-corrected chi connectivity index (χ2v) is 5.47.